The van der Waals surface area contributed by atoms with E-state index in [2.05, 4.69) is 4.72 Å². The molecule has 1 aliphatic heterocycles. The molecule has 0 spiro atoms. The van der Waals surface area contributed by atoms with Crippen molar-refractivity contribution in [3.8, 4) is 10.6 Å². The van der Waals surface area contributed by atoms with Gasteiger partial charge in [0.15, 0.2) is 0 Å². The second kappa shape index (κ2) is 8.59. The number of carbonyl (C=O) groups excluding carboxylic acids is 1. The molecule has 9 heteroatoms. The van der Waals surface area contributed by atoms with Crippen LogP contribution in [0.25, 0.3) is 10.6 Å². The lowest BCUT2D eigenvalue weighted by molar-refractivity contribution is 0.0718. The second-order valence-electron chi connectivity index (χ2n) is 7.19. The zero-order chi connectivity index (χ0) is 20.3. The van der Waals surface area contributed by atoms with E-state index in [1.165, 1.54) is 11.3 Å². The SMILES string of the molecule is CC(C)OC(=O)N1CC[C@H](NS(C)(=O)=O)[C@@H]1Cc1csc(-c2ccccc2)n1. The topological polar surface area (TPSA) is 88.6 Å². The molecule has 1 fully saturated rings. The lowest BCUT2D eigenvalue weighted by atomic mass is 10.1. The Balaban J connectivity index is 1.81. The van der Waals surface area contributed by atoms with Crippen molar-refractivity contribution < 1.29 is 17.9 Å². The van der Waals surface area contributed by atoms with Gasteiger partial charge in [0.05, 0.1) is 24.1 Å². The Morgan fingerprint density at radius 3 is 2.71 bits per heavy atom. The maximum Gasteiger partial charge on any atom is 0.410 e. The number of amides is 1. The number of nitrogens with zero attached hydrogens (tertiary/aromatic N) is 2. The summed E-state index contributed by atoms with van der Waals surface area (Å²) in [7, 11) is -3.39. The zero-order valence-electron chi connectivity index (χ0n) is 16.2. The van der Waals surface area contributed by atoms with E-state index in [4.69, 9.17) is 9.72 Å². The minimum atomic E-state index is -3.39. The Bertz CT molecular complexity index is 912. The van der Waals surface area contributed by atoms with Crippen LogP contribution in [0.5, 0.6) is 0 Å². The summed E-state index contributed by atoms with van der Waals surface area (Å²) in [6, 6.07) is 9.17. The molecule has 2 atom stereocenters. The molecule has 7 nitrogen and oxygen atoms in total. The highest BCUT2D eigenvalue weighted by Gasteiger charge is 2.39. The van der Waals surface area contributed by atoms with E-state index >= 15 is 0 Å². The molecule has 0 bridgehead atoms. The van der Waals surface area contributed by atoms with Crippen molar-refractivity contribution in [2.45, 2.75) is 44.9 Å². The van der Waals surface area contributed by atoms with Crippen LogP contribution >= 0.6 is 11.3 Å². The highest BCUT2D eigenvalue weighted by Crippen LogP contribution is 2.27. The molecule has 28 heavy (non-hydrogen) atoms. The summed E-state index contributed by atoms with van der Waals surface area (Å²) >= 11 is 1.54. The fourth-order valence-corrected chi connectivity index (χ4v) is 5.01. The van der Waals surface area contributed by atoms with Gasteiger partial charge in [-0.3, -0.25) is 0 Å². The molecule has 2 heterocycles. The van der Waals surface area contributed by atoms with E-state index in [9.17, 15) is 13.2 Å². The maximum absolute atomic E-state index is 12.5. The number of rotatable bonds is 6. The molecule has 0 unspecified atom stereocenters. The second-order valence-corrected chi connectivity index (χ2v) is 9.83. The number of thiazole rings is 1. The van der Waals surface area contributed by atoms with Crippen LogP contribution in [0.2, 0.25) is 0 Å². The standard InChI is InChI=1S/C19H25N3O4S2/c1-13(2)26-19(23)22-10-9-16(21-28(3,24)25)17(22)11-15-12-27-18(20-15)14-7-5-4-6-8-14/h4-8,12-13,16-17,21H,9-11H2,1-3H3/t16-,17-/m0/s1. The van der Waals surface area contributed by atoms with Gasteiger partial charge in [0.1, 0.15) is 5.01 Å². The van der Waals surface area contributed by atoms with Gasteiger partial charge in [-0.25, -0.2) is 22.9 Å². The Morgan fingerprint density at radius 2 is 2.07 bits per heavy atom. The van der Waals surface area contributed by atoms with E-state index < -0.39 is 16.1 Å². The van der Waals surface area contributed by atoms with Crippen LogP contribution in [0.3, 0.4) is 0 Å². The summed E-state index contributed by atoms with van der Waals surface area (Å²) in [5.41, 5.74) is 1.87. The van der Waals surface area contributed by atoms with Gasteiger partial charge >= 0.3 is 6.09 Å². The Hall–Kier alpha value is -1.97. The fourth-order valence-electron chi connectivity index (χ4n) is 3.34. The highest BCUT2D eigenvalue weighted by molar-refractivity contribution is 7.88. The van der Waals surface area contributed by atoms with Gasteiger partial charge in [0.25, 0.3) is 0 Å². The van der Waals surface area contributed by atoms with Crippen molar-refractivity contribution in [2.75, 3.05) is 12.8 Å². The molecule has 1 aromatic carbocycles. The van der Waals surface area contributed by atoms with Gasteiger partial charge in [-0.2, -0.15) is 0 Å². The average Bonchev–Trinajstić information content (AvgIpc) is 3.22. The first-order chi connectivity index (χ1) is 13.2. The first-order valence-corrected chi connectivity index (χ1v) is 11.9. The molecule has 0 radical (unpaired) electrons. The van der Waals surface area contributed by atoms with Crippen molar-refractivity contribution in [3.05, 3.63) is 41.4 Å². The number of nitrogens with one attached hydrogen (secondary N) is 1. The number of sulfonamides is 1. The number of aromatic nitrogens is 1. The van der Waals surface area contributed by atoms with E-state index in [-0.39, 0.29) is 18.2 Å². The van der Waals surface area contributed by atoms with Crippen molar-refractivity contribution in [3.63, 3.8) is 0 Å². The minimum absolute atomic E-state index is 0.237. The van der Waals surface area contributed by atoms with Crippen LogP contribution in [0.15, 0.2) is 35.7 Å². The monoisotopic (exact) mass is 423 g/mol. The number of hydrogen-bond donors (Lipinski definition) is 1. The third-order valence-corrected chi connectivity index (χ3v) is 6.14. The largest absolute Gasteiger partial charge is 0.447 e. The Kier molecular flexibility index (Phi) is 6.36. The molecule has 1 aliphatic rings. The number of ether oxygens (including phenoxy) is 1. The Labute approximate surface area is 169 Å². The predicted octanol–water partition coefficient (Wildman–Crippen LogP) is 2.89. The van der Waals surface area contributed by atoms with E-state index in [0.29, 0.717) is 19.4 Å². The van der Waals surface area contributed by atoms with Crippen LogP contribution in [-0.2, 0) is 21.2 Å². The van der Waals surface area contributed by atoms with Gasteiger partial charge in [0, 0.05) is 30.0 Å². The summed E-state index contributed by atoms with van der Waals surface area (Å²) in [4.78, 5) is 18.8. The van der Waals surface area contributed by atoms with Crippen LogP contribution < -0.4 is 4.72 Å². The summed E-state index contributed by atoms with van der Waals surface area (Å²) < 4.78 is 31.5. The van der Waals surface area contributed by atoms with E-state index in [0.717, 1.165) is 22.5 Å². The van der Waals surface area contributed by atoms with Gasteiger partial charge < -0.3 is 9.64 Å². The van der Waals surface area contributed by atoms with Crippen molar-refractivity contribution in [1.29, 1.82) is 0 Å². The molecule has 2 aromatic rings. The fraction of sp³-hybridized carbons (Fsp3) is 0.474. The van der Waals surface area contributed by atoms with Crippen LogP contribution in [0.4, 0.5) is 4.79 Å². The smallest absolute Gasteiger partial charge is 0.410 e. The lowest BCUT2D eigenvalue weighted by Crippen LogP contribution is -2.48. The van der Waals surface area contributed by atoms with Gasteiger partial charge in [-0.1, -0.05) is 30.3 Å². The summed E-state index contributed by atoms with van der Waals surface area (Å²) in [6.07, 6.45) is 1.48. The normalized spacial score (nSPS) is 19.9. The van der Waals surface area contributed by atoms with Crippen molar-refractivity contribution >= 4 is 27.5 Å². The number of hydrogen-bond acceptors (Lipinski definition) is 6. The van der Waals surface area contributed by atoms with Gasteiger partial charge in [0.2, 0.25) is 10.0 Å². The molecule has 0 saturated carbocycles. The third kappa shape index (κ3) is 5.30. The molecule has 3 rings (SSSR count). The lowest BCUT2D eigenvalue weighted by Gasteiger charge is -2.28. The molecule has 1 saturated heterocycles. The van der Waals surface area contributed by atoms with Crippen molar-refractivity contribution in [1.82, 2.24) is 14.6 Å². The van der Waals surface area contributed by atoms with Gasteiger partial charge in [-0.05, 0) is 20.3 Å². The van der Waals surface area contributed by atoms with Crippen LogP contribution in [0.1, 0.15) is 26.0 Å². The first kappa shape index (κ1) is 20.8. The molecule has 1 aromatic heterocycles. The molecule has 1 amide bonds. The summed E-state index contributed by atoms with van der Waals surface area (Å²) in [6.45, 7) is 4.03. The average molecular weight is 424 g/mol. The molecule has 1 N–H and O–H groups in total. The van der Waals surface area contributed by atoms with E-state index in [1.807, 2.05) is 35.7 Å². The summed E-state index contributed by atoms with van der Waals surface area (Å²) in [5, 5.41) is 2.86. The molecular weight excluding hydrogens is 398 g/mol. The Morgan fingerprint density at radius 1 is 1.36 bits per heavy atom. The quantitative estimate of drug-likeness (QED) is 0.772. The number of likely N-dealkylation sites (tertiary alicyclic amines) is 1. The van der Waals surface area contributed by atoms with Crippen LogP contribution in [0, 0.1) is 0 Å². The maximum atomic E-state index is 12.5. The number of carbonyl (C=O) groups is 1. The molecule has 0 aliphatic carbocycles. The van der Waals surface area contributed by atoms with E-state index in [1.54, 1.807) is 18.7 Å². The summed E-state index contributed by atoms with van der Waals surface area (Å²) in [5.74, 6) is 0. The number of benzene rings is 1. The molecular formula is C19H25N3O4S2. The van der Waals surface area contributed by atoms with Gasteiger partial charge in [-0.15, -0.1) is 11.3 Å². The molecule has 152 valence electrons. The highest BCUT2D eigenvalue weighted by atomic mass is 32.2. The van der Waals surface area contributed by atoms with Crippen molar-refractivity contribution in [2.24, 2.45) is 0 Å². The first-order valence-electron chi connectivity index (χ1n) is 9.17. The van der Waals surface area contributed by atoms with Crippen LogP contribution in [-0.4, -0.2) is 55.4 Å². The predicted molar refractivity (Wildman–Crippen MR) is 110 cm³/mol. The zero-order valence-corrected chi connectivity index (χ0v) is 17.8. The minimum Gasteiger partial charge on any atom is -0.447 e. The third-order valence-electron chi connectivity index (χ3n) is 4.47.